The molecule has 3 rings (SSSR count). The number of non-ortho nitro benzene ring substituents is 1. The fraction of sp³-hybridized carbons (Fsp3) is 0.333. The number of hydrogen-bond donors (Lipinski definition) is 0. The van der Waals surface area contributed by atoms with Crippen LogP contribution in [-0.2, 0) is 10.0 Å². The van der Waals surface area contributed by atoms with Crippen molar-refractivity contribution in [3.05, 3.63) is 61.6 Å². The maximum atomic E-state index is 13.2. The van der Waals surface area contributed by atoms with E-state index in [4.69, 9.17) is 23.2 Å². The van der Waals surface area contributed by atoms with Crippen molar-refractivity contribution < 1.29 is 13.3 Å². The summed E-state index contributed by atoms with van der Waals surface area (Å²) in [5, 5.41) is 11.3. The first-order valence-corrected chi connectivity index (χ1v) is 10.8. The van der Waals surface area contributed by atoms with Gasteiger partial charge in [0.2, 0.25) is 10.0 Å². The molecule has 1 saturated heterocycles. The molecule has 0 bridgehead atoms. The molecule has 0 amide bonds. The highest BCUT2D eigenvalue weighted by atomic mass is 35.5. The number of nitro groups is 1. The van der Waals surface area contributed by atoms with E-state index >= 15 is 0 Å². The van der Waals surface area contributed by atoms with E-state index in [0.29, 0.717) is 29.2 Å². The van der Waals surface area contributed by atoms with Crippen molar-refractivity contribution in [2.75, 3.05) is 31.1 Å². The lowest BCUT2D eigenvalue weighted by atomic mass is 10.2. The molecule has 1 aliphatic heterocycles. The Hall–Kier alpha value is -1.87. The van der Waals surface area contributed by atoms with Gasteiger partial charge in [0, 0.05) is 49.0 Å². The molecule has 0 saturated carbocycles. The largest absolute Gasteiger partial charge is 0.369 e. The lowest BCUT2D eigenvalue weighted by Crippen LogP contribution is -2.48. The molecule has 0 aliphatic carbocycles. The van der Waals surface area contributed by atoms with E-state index in [-0.39, 0.29) is 28.7 Å². The minimum atomic E-state index is -3.79. The number of benzene rings is 2. The van der Waals surface area contributed by atoms with E-state index in [1.807, 2.05) is 4.90 Å². The Bertz CT molecular complexity index is 992. The van der Waals surface area contributed by atoms with Crippen LogP contribution in [0, 0.1) is 24.0 Å². The fourth-order valence-corrected chi connectivity index (χ4v) is 5.81. The number of rotatable bonds is 4. The second-order valence-electron chi connectivity index (χ2n) is 6.61. The van der Waals surface area contributed by atoms with Crippen LogP contribution in [0.2, 0.25) is 10.0 Å². The summed E-state index contributed by atoms with van der Waals surface area (Å²) in [6.07, 6.45) is 0. The number of piperazine rings is 1. The molecule has 1 aliphatic rings. The van der Waals surface area contributed by atoms with Crippen LogP contribution in [0.3, 0.4) is 0 Å². The van der Waals surface area contributed by atoms with Crippen molar-refractivity contribution in [2.45, 2.75) is 18.7 Å². The third kappa shape index (κ3) is 3.82. The highest BCUT2D eigenvalue weighted by molar-refractivity contribution is 7.89. The van der Waals surface area contributed by atoms with Gasteiger partial charge in [0.15, 0.2) is 0 Å². The van der Waals surface area contributed by atoms with E-state index in [9.17, 15) is 18.5 Å². The number of aryl methyl sites for hydroxylation is 1. The predicted octanol–water partition coefficient (Wildman–Crippen LogP) is 4.03. The summed E-state index contributed by atoms with van der Waals surface area (Å²) in [5.74, 6) is 0. The summed E-state index contributed by atoms with van der Waals surface area (Å²) < 4.78 is 27.8. The molecule has 2 aromatic carbocycles. The third-order valence-corrected chi connectivity index (χ3v) is 7.91. The van der Waals surface area contributed by atoms with Gasteiger partial charge in [-0.2, -0.15) is 4.31 Å². The van der Waals surface area contributed by atoms with E-state index in [1.165, 1.54) is 16.4 Å². The van der Waals surface area contributed by atoms with E-state index in [0.717, 1.165) is 5.69 Å². The van der Waals surface area contributed by atoms with E-state index in [1.54, 1.807) is 32.0 Å². The standard InChI is InChI=1S/C18H19Cl2N3O4S/c1-12-11-16(19)13(2)18(17(12)20)28(26,27)22-9-7-21(8-10-22)14-3-5-15(6-4-14)23(24)25/h3-6,11H,7-10H2,1-2H3. The molecule has 0 unspecified atom stereocenters. The average Bonchev–Trinajstić information content (AvgIpc) is 2.66. The molecule has 28 heavy (non-hydrogen) atoms. The summed E-state index contributed by atoms with van der Waals surface area (Å²) in [5.41, 5.74) is 1.89. The summed E-state index contributed by atoms with van der Waals surface area (Å²) >= 11 is 12.5. The van der Waals surface area contributed by atoms with Crippen LogP contribution >= 0.6 is 23.2 Å². The molecular weight excluding hydrogens is 425 g/mol. The van der Waals surface area contributed by atoms with Gasteiger partial charge in [-0.3, -0.25) is 10.1 Å². The maximum Gasteiger partial charge on any atom is 0.269 e. The first kappa shape index (κ1) is 20.9. The molecule has 0 N–H and O–H groups in total. The minimum Gasteiger partial charge on any atom is -0.369 e. The highest BCUT2D eigenvalue weighted by Crippen LogP contribution is 2.35. The molecular formula is C18H19Cl2N3O4S. The average molecular weight is 444 g/mol. The topological polar surface area (TPSA) is 83.8 Å². The number of anilines is 1. The third-order valence-electron chi connectivity index (χ3n) is 4.85. The predicted molar refractivity (Wildman–Crippen MR) is 110 cm³/mol. The Labute approximate surface area is 173 Å². The summed E-state index contributed by atoms with van der Waals surface area (Å²) in [6, 6.07) is 7.88. The van der Waals surface area contributed by atoms with Gasteiger partial charge in [-0.1, -0.05) is 23.2 Å². The number of nitro benzene ring substituents is 1. The van der Waals surface area contributed by atoms with E-state index < -0.39 is 14.9 Å². The van der Waals surface area contributed by atoms with Gasteiger partial charge >= 0.3 is 0 Å². The lowest BCUT2D eigenvalue weighted by molar-refractivity contribution is -0.384. The van der Waals surface area contributed by atoms with Crippen LogP contribution in [0.5, 0.6) is 0 Å². The maximum absolute atomic E-state index is 13.2. The Morgan fingerprint density at radius 3 is 2.14 bits per heavy atom. The second kappa shape index (κ2) is 7.87. The number of nitrogens with zero attached hydrogens (tertiary/aromatic N) is 3. The fourth-order valence-electron chi connectivity index (χ4n) is 3.22. The lowest BCUT2D eigenvalue weighted by Gasteiger charge is -2.35. The molecule has 1 fully saturated rings. The first-order chi connectivity index (χ1) is 13.1. The van der Waals surface area contributed by atoms with Crippen LogP contribution in [0.25, 0.3) is 0 Å². The van der Waals surface area contributed by atoms with Crippen molar-refractivity contribution in [3.8, 4) is 0 Å². The second-order valence-corrected chi connectivity index (χ2v) is 9.27. The Kier molecular flexibility index (Phi) is 5.86. The molecule has 0 aromatic heterocycles. The first-order valence-electron chi connectivity index (χ1n) is 8.57. The zero-order valence-electron chi connectivity index (χ0n) is 15.4. The van der Waals surface area contributed by atoms with Gasteiger partial charge < -0.3 is 4.90 Å². The van der Waals surface area contributed by atoms with Crippen molar-refractivity contribution in [1.82, 2.24) is 4.31 Å². The van der Waals surface area contributed by atoms with Crippen LogP contribution in [0.4, 0.5) is 11.4 Å². The Morgan fingerprint density at radius 1 is 1.04 bits per heavy atom. The summed E-state index contributed by atoms with van der Waals surface area (Å²) in [7, 11) is -3.79. The molecule has 2 aromatic rings. The molecule has 0 spiro atoms. The van der Waals surface area contributed by atoms with Gasteiger partial charge in [-0.15, -0.1) is 0 Å². The Balaban J connectivity index is 1.80. The van der Waals surface area contributed by atoms with Crippen molar-refractivity contribution in [2.24, 2.45) is 0 Å². The number of sulfonamides is 1. The van der Waals surface area contributed by atoms with Gasteiger partial charge in [-0.05, 0) is 43.2 Å². The van der Waals surface area contributed by atoms with Crippen LogP contribution < -0.4 is 4.90 Å². The van der Waals surface area contributed by atoms with Gasteiger partial charge in [0.1, 0.15) is 4.90 Å². The van der Waals surface area contributed by atoms with Crippen molar-refractivity contribution >= 4 is 44.6 Å². The normalized spacial score (nSPS) is 15.6. The molecule has 7 nitrogen and oxygen atoms in total. The zero-order chi connectivity index (χ0) is 20.6. The molecule has 0 atom stereocenters. The van der Waals surface area contributed by atoms with Crippen molar-refractivity contribution in [3.63, 3.8) is 0 Å². The molecule has 10 heteroatoms. The van der Waals surface area contributed by atoms with Crippen molar-refractivity contribution in [1.29, 1.82) is 0 Å². The zero-order valence-corrected chi connectivity index (χ0v) is 17.7. The van der Waals surface area contributed by atoms with Crippen LogP contribution in [0.1, 0.15) is 11.1 Å². The number of halogens is 2. The van der Waals surface area contributed by atoms with Gasteiger partial charge in [-0.25, -0.2) is 8.42 Å². The smallest absolute Gasteiger partial charge is 0.269 e. The SMILES string of the molecule is Cc1cc(Cl)c(C)c(S(=O)(=O)N2CCN(c3ccc([N+](=O)[O-])cc3)CC2)c1Cl. The molecule has 1 heterocycles. The minimum absolute atomic E-state index is 0.0198. The van der Waals surface area contributed by atoms with E-state index in [2.05, 4.69) is 0 Å². The number of hydrogen-bond acceptors (Lipinski definition) is 5. The molecule has 0 radical (unpaired) electrons. The summed E-state index contributed by atoms with van der Waals surface area (Å²) in [4.78, 5) is 12.4. The molecule has 150 valence electrons. The summed E-state index contributed by atoms with van der Waals surface area (Å²) in [6.45, 7) is 4.86. The monoisotopic (exact) mass is 443 g/mol. The van der Waals surface area contributed by atoms with Gasteiger partial charge in [0.25, 0.3) is 5.69 Å². The Morgan fingerprint density at radius 2 is 1.61 bits per heavy atom. The van der Waals surface area contributed by atoms with Crippen LogP contribution in [0.15, 0.2) is 35.2 Å². The highest BCUT2D eigenvalue weighted by Gasteiger charge is 2.32. The van der Waals surface area contributed by atoms with Crippen LogP contribution in [-0.4, -0.2) is 43.8 Å². The van der Waals surface area contributed by atoms with Gasteiger partial charge in [0.05, 0.1) is 9.95 Å². The quantitative estimate of drug-likeness (QED) is 0.525.